The second kappa shape index (κ2) is 6.37. The van der Waals surface area contributed by atoms with Crippen molar-refractivity contribution in [3.8, 4) is 11.5 Å². The molecule has 0 aliphatic carbocycles. The average Bonchev–Trinajstić information content (AvgIpc) is 2.36. The van der Waals surface area contributed by atoms with E-state index in [2.05, 4.69) is 20.0 Å². The second-order valence-electron chi connectivity index (χ2n) is 5.54. The minimum Gasteiger partial charge on any atom is -0.497 e. The highest BCUT2D eigenvalue weighted by Gasteiger charge is 2.20. The molecule has 0 fully saturated rings. The lowest BCUT2D eigenvalue weighted by Crippen LogP contribution is -2.01. The van der Waals surface area contributed by atoms with E-state index in [1.165, 1.54) is 0 Å². The lowest BCUT2D eigenvalue weighted by Gasteiger charge is -2.26. The molecule has 20 heavy (non-hydrogen) atoms. The van der Waals surface area contributed by atoms with Gasteiger partial charge >= 0.3 is 0 Å². The van der Waals surface area contributed by atoms with E-state index >= 15 is 0 Å². The molecular weight excluding hydrogens is 290 g/mol. The predicted octanol–water partition coefficient (Wildman–Crippen LogP) is 4.99. The lowest BCUT2D eigenvalue weighted by atomic mass is 10.3. The number of benzene rings is 1. The molecule has 1 unspecified atom stereocenters. The lowest BCUT2D eigenvalue weighted by molar-refractivity contribution is 0.414. The Labute approximate surface area is 122 Å². The van der Waals surface area contributed by atoms with Crippen molar-refractivity contribution in [2.75, 3.05) is 39.8 Å². The molecule has 112 valence electrons. The number of methoxy groups -OCH3 is 1. The summed E-state index contributed by atoms with van der Waals surface area (Å²) in [6, 6.07) is 7.77. The maximum Gasteiger partial charge on any atom is 0.136 e. The van der Waals surface area contributed by atoms with Gasteiger partial charge in [0, 0.05) is 19.4 Å². The van der Waals surface area contributed by atoms with Crippen molar-refractivity contribution in [2.45, 2.75) is 12.8 Å². The van der Waals surface area contributed by atoms with Crippen LogP contribution < -0.4 is 9.26 Å². The number of rotatable bonds is 3. The Balaban J connectivity index is 2.27. The van der Waals surface area contributed by atoms with Gasteiger partial charge in [-0.15, -0.1) is 0 Å². The minimum atomic E-state index is -1.76. The quantitative estimate of drug-likeness (QED) is 0.738. The Hall–Kier alpha value is -0.720. The van der Waals surface area contributed by atoms with Gasteiger partial charge < -0.3 is 9.26 Å². The van der Waals surface area contributed by atoms with Gasteiger partial charge in [0.15, 0.2) is 0 Å². The number of hydrogen-bond acceptors (Lipinski definition) is 4. The third-order valence-electron chi connectivity index (χ3n) is 3.20. The van der Waals surface area contributed by atoms with E-state index in [0.29, 0.717) is 0 Å². The minimum absolute atomic E-state index is 0.846. The fraction of sp³-hybridized carbons (Fsp3) is 0.571. The van der Waals surface area contributed by atoms with Crippen LogP contribution in [0.2, 0.25) is 0 Å². The van der Waals surface area contributed by atoms with Crippen molar-refractivity contribution >= 4 is 14.5 Å². The predicted molar refractivity (Wildman–Crippen MR) is 89.1 cm³/mol. The van der Waals surface area contributed by atoms with Crippen LogP contribution in [0.1, 0.15) is 12.8 Å². The largest absolute Gasteiger partial charge is 0.497 e. The molecule has 1 atom stereocenters. The van der Waals surface area contributed by atoms with Crippen LogP contribution in [0, 0.1) is 0 Å². The molecule has 2 rings (SSSR count). The molecule has 0 amide bonds. The summed E-state index contributed by atoms with van der Waals surface area (Å²) in [6.07, 6.45) is 3.35. The second-order valence-corrected chi connectivity index (χ2v) is 11.9. The Bertz CT molecular complexity index is 561. The zero-order valence-electron chi connectivity index (χ0n) is 12.7. The molecular formula is C14H24N2O2P2. The van der Waals surface area contributed by atoms with E-state index in [0.717, 1.165) is 37.0 Å². The highest BCUT2D eigenvalue weighted by Crippen LogP contribution is 2.59. The molecule has 1 aliphatic rings. The molecule has 0 radical (unpaired) electrons. The highest BCUT2D eigenvalue weighted by molar-refractivity contribution is 7.73. The summed E-state index contributed by atoms with van der Waals surface area (Å²) >= 11 is 0. The van der Waals surface area contributed by atoms with Gasteiger partial charge in [-0.25, -0.2) is 4.52 Å². The van der Waals surface area contributed by atoms with E-state index in [9.17, 15) is 0 Å². The van der Waals surface area contributed by atoms with Gasteiger partial charge in [0.05, 0.1) is 14.3 Å². The van der Waals surface area contributed by atoms with E-state index in [4.69, 9.17) is 18.5 Å². The number of ether oxygens (including phenoxy) is 1. The first kappa shape index (κ1) is 15.7. The van der Waals surface area contributed by atoms with Gasteiger partial charge in [0.1, 0.15) is 18.8 Å². The summed E-state index contributed by atoms with van der Waals surface area (Å²) in [6.45, 7) is 7.48. The first-order valence-corrected chi connectivity index (χ1v) is 11.8. The molecule has 4 nitrogen and oxygen atoms in total. The fourth-order valence-electron chi connectivity index (χ4n) is 2.30. The van der Waals surface area contributed by atoms with E-state index in [-0.39, 0.29) is 0 Å². The van der Waals surface area contributed by atoms with E-state index in [1.54, 1.807) is 7.11 Å². The van der Waals surface area contributed by atoms with Gasteiger partial charge in [0.2, 0.25) is 0 Å². The molecule has 1 aromatic carbocycles. The number of hydrogen-bond donors (Lipinski definition) is 0. The van der Waals surface area contributed by atoms with Crippen LogP contribution in [-0.2, 0) is 0 Å². The van der Waals surface area contributed by atoms with Crippen molar-refractivity contribution in [1.82, 2.24) is 0 Å². The van der Waals surface area contributed by atoms with Crippen LogP contribution in [0.15, 0.2) is 33.5 Å². The average molecular weight is 314 g/mol. The molecule has 0 spiro atoms. The van der Waals surface area contributed by atoms with Crippen LogP contribution in [0.5, 0.6) is 11.5 Å². The Morgan fingerprint density at radius 1 is 1.00 bits per heavy atom. The van der Waals surface area contributed by atoms with Crippen LogP contribution in [-0.4, -0.2) is 39.8 Å². The van der Waals surface area contributed by atoms with Crippen molar-refractivity contribution in [3.63, 3.8) is 0 Å². The Morgan fingerprint density at radius 2 is 1.65 bits per heavy atom. The van der Waals surface area contributed by atoms with Crippen molar-refractivity contribution in [1.29, 1.82) is 0 Å². The normalized spacial score (nSPS) is 25.6. The SMILES string of the molecule is COc1ccc(OP2(C)=NP(C)(C)=NCCCC2)cc1. The molecule has 1 aliphatic heterocycles. The van der Waals surface area contributed by atoms with Crippen molar-refractivity contribution < 1.29 is 9.26 Å². The van der Waals surface area contributed by atoms with E-state index < -0.39 is 14.5 Å². The molecule has 6 heteroatoms. The maximum atomic E-state index is 6.27. The van der Waals surface area contributed by atoms with Gasteiger partial charge in [-0.1, -0.05) is 0 Å². The first-order chi connectivity index (χ1) is 9.42. The molecule has 0 bridgehead atoms. The summed E-state index contributed by atoms with van der Waals surface area (Å²) in [4.78, 5) is 0. The maximum absolute atomic E-state index is 6.27. The van der Waals surface area contributed by atoms with Gasteiger partial charge in [-0.2, -0.15) is 0 Å². The smallest absolute Gasteiger partial charge is 0.136 e. The Morgan fingerprint density at radius 3 is 2.30 bits per heavy atom. The molecule has 1 aromatic rings. The third-order valence-corrected chi connectivity index (χ3v) is 9.10. The van der Waals surface area contributed by atoms with Gasteiger partial charge in [-0.05, 0) is 50.4 Å². The Kier molecular flexibility index (Phi) is 4.99. The fourth-order valence-corrected chi connectivity index (χ4v) is 8.84. The molecule has 0 saturated heterocycles. The summed E-state index contributed by atoms with van der Waals surface area (Å²) in [7, 11) is -1.62. The molecule has 1 heterocycles. The number of nitrogens with zero attached hydrogens (tertiary/aromatic N) is 2. The van der Waals surface area contributed by atoms with Crippen LogP contribution in [0.3, 0.4) is 0 Å². The van der Waals surface area contributed by atoms with Crippen LogP contribution in [0.25, 0.3) is 0 Å². The van der Waals surface area contributed by atoms with Crippen molar-refractivity contribution in [2.24, 2.45) is 9.26 Å². The van der Waals surface area contributed by atoms with Gasteiger partial charge in [-0.3, -0.25) is 4.74 Å². The third kappa shape index (κ3) is 4.40. The molecule has 0 saturated carbocycles. The topological polar surface area (TPSA) is 43.2 Å². The summed E-state index contributed by atoms with van der Waals surface area (Å²) < 4.78 is 21.2. The summed E-state index contributed by atoms with van der Waals surface area (Å²) in [5.41, 5.74) is 0. The van der Waals surface area contributed by atoms with Crippen LogP contribution in [0.4, 0.5) is 0 Å². The molecule has 0 aromatic heterocycles. The van der Waals surface area contributed by atoms with E-state index in [1.807, 2.05) is 24.3 Å². The van der Waals surface area contributed by atoms with Gasteiger partial charge in [0.25, 0.3) is 0 Å². The van der Waals surface area contributed by atoms with Crippen LogP contribution >= 0.6 is 14.5 Å². The summed E-state index contributed by atoms with van der Waals surface area (Å²) in [5.74, 6) is 1.73. The standard InChI is InChI=1S/C14H24N2O2P2/c1-17-13-7-9-14(10-8-13)18-20(4)12-6-5-11-15-19(2,3)16-20/h7-10H,5-6,11-12H2,1-4H3. The van der Waals surface area contributed by atoms with Crippen molar-refractivity contribution in [3.05, 3.63) is 24.3 Å². The first-order valence-electron chi connectivity index (χ1n) is 6.89. The zero-order valence-corrected chi connectivity index (χ0v) is 14.5. The monoisotopic (exact) mass is 314 g/mol. The molecule has 0 N–H and O–H groups in total. The zero-order chi connectivity index (χ0) is 14.6. The highest BCUT2D eigenvalue weighted by atomic mass is 31.2. The summed E-state index contributed by atoms with van der Waals surface area (Å²) in [5, 5.41) is 0.